The zero-order valence-electron chi connectivity index (χ0n) is 18.1. The summed E-state index contributed by atoms with van der Waals surface area (Å²) in [6, 6.07) is 13.8. The van der Waals surface area contributed by atoms with Crippen molar-refractivity contribution in [1.29, 1.82) is 0 Å². The van der Waals surface area contributed by atoms with Gasteiger partial charge in [0, 0.05) is 6.07 Å². The predicted octanol–water partition coefficient (Wildman–Crippen LogP) is 6.89. The lowest BCUT2D eigenvalue weighted by molar-refractivity contribution is 0.295. The van der Waals surface area contributed by atoms with Crippen LogP contribution >= 0.6 is 7.82 Å². The number of hydrogen-bond acceptors (Lipinski definition) is 5. The molecule has 0 aliphatic rings. The molecular formula is C24H27O5P. The second-order valence-corrected chi connectivity index (χ2v) is 9.12. The lowest BCUT2D eigenvalue weighted by atomic mass is 10.1. The molecule has 0 saturated heterocycles. The first-order valence-electron chi connectivity index (χ1n) is 9.70. The fourth-order valence-corrected chi connectivity index (χ4v) is 5.08. The molecule has 0 unspecified atom stereocenters. The number of phosphoric acid groups is 1. The van der Waals surface area contributed by atoms with E-state index in [0.29, 0.717) is 11.5 Å². The van der Waals surface area contributed by atoms with E-state index < -0.39 is 7.82 Å². The van der Waals surface area contributed by atoms with E-state index in [1.165, 1.54) is 12.1 Å². The van der Waals surface area contributed by atoms with Gasteiger partial charge in [0.05, 0.1) is 0 Å². The number of phenolic OH excluding ortho intramolecular Hbond substituents is 1. The van der Waals surface area contributed by atoms with Crippen molar-refractivity contribution in [3.8, 4) is 23.0 Å². The van der Waals surface area contributed by atoms with Crippen molar-refractivity contribution in [3.05, 3.63) is 81.9 Å². The monoisotopic (exact) mass is 426 g/mol. The Balaban J connectivity index is 2.06. The number of aryl methyl sites for hydroxylation is 6. The summed E-state index contributed by atoms with van der Waals surface area (Å²) in [6.45, 7) is 11.5. The maximum absolute atomic E-state index is 13.9. The summed E-state index contributed by atoms with van der Waals surface area (Å²) in [5.41, 5.74) is 5.46. The molecule has 0 atom stereocenters. The first-order chi connectivity index (χ1) is 14.1. The van der Waals surface area contributed by atoms with E-state index >= 15 is 0 Å². The fraction of sp³-hybridized carbons (Fsp3) is 0.250. The van der Waals surface area contributed by atoms with Crippen LogP contribution in [0.25, 0.3) is 0 Å². The summed E-state index contributed by atoms with van der Waals surface area (Å²) in [6.07, 6.45) is 0. The quantitative estimate of drug-likeness (QED) is 0.435. The van der Waals surface area contributed by atoms with Crippen molar-refractivity contribution in [3.63, 3.8) is 0 Å². The molecular weight excluding hydrogens is 399 g/mol. The highest BCUT2D eigenvalue weighted by atomic mass is 31.2. The van der Waals surface area contributed by atoms with Gasteiger partial charge in [-0.3, -0.25) is 0 Å². The third-order valence-electron chi connectivity index (χ3n) is 4.65. The van der Waals surface area contributed by atoms with Crippen LogP contribution in [0.4, 0.5) is 0 Å². The molecule has 3 rings (SSSR count). The Morgan fingerprint density at radius 2 is 1.10 bits per heavy atom. The molecule has 0 amide bonds. The molecule has 5 nitrogen and oxygen atoms in total. The van der Waals surface area contributed by atoms with E-state index in [4.69, 9.17) is 13.6 Å². The molecule has 1 N–H and O–H groups in total. The lowest BCUT2D eigenvalue weighted by Crippen LogP contribution is -2.10. The van der Waals surface area contributed by atoms with E-state index in [9.17, 15) is 9.67 Å². The van der Waals surface area contributed by atoms with Crippen LogP contribution in [-0.4, -0.2) is 5.11 Å². The molecule has 3 aromatic carbocycles. The molecule has 0 bridgehead atoms. The molecule has 30 heavy (non-hydrogen) atoms. The molecule has 0 saturated carbocycles. The summed E-state index contributed by atoms with van der Waals surface area (Å²) in [7, 11) is -4.15. The van der Waals surface area contributed by atoms with Gasteiger partial charge in [-0.2, -0.15) is 4.57 Å². The minimum absolute atomic E-state index is 0.00977. The Bertz CT molecular complexity index is 1030. The highest BCUT2D eigenvalue weighted by Crippen LogP contribution is 2.52. The fourth-order valence-electron chi connectivity index (χ4n) is 3.57. The molecule has 6 heteroatoms. The van der Waals surface area contributed by atoms with Gasteiger partial charge in [-0.1, -0.05) is 41.5 Å². The average molecular weight is 426 g/mol. The average Bonchev–Trinajstić information content (AvgIpc) is 2.61. The summed E-state index contributed by atoms with van der Waals surface area (Å²) in [4.78, 5) is 0. The van der Waals surface area contributed by atoms with Gasteiger partial charge < -0.3 is 18.7 Å². The highest BCUT2D eigenvalue weighted by molar-refractivity contribution is 7.49. The van der Waals surface area contributed by atoms with Crippen LogP contribution in [0.3, 0.4) is 0 Å². The summed E-state index contributed by atoms with van der Waals surface area (Å²) in [5.74, 6) is 1.07. The topological polar surface area (TPSA) is 65.0 Å². The maximum atomic E-state index is 13.9. The first-order valence-corrected chi connectivity index (χ1v) is 11.2. The van der Waals surface area contributed by atoms with Crippen LogP contribution in [0.5, 0.6) is 23.0 Å². The number of hydrogen-bond donors (Lipinski definition) is 1. The maximum Gasteiger partial charge on any atom is 0.647 e. The van der Waals surface area contributed by atoms with E-state index in [0.717, 1.165) is 33.4 Å². The molecule has 158 valence electrons. The number of phosphoric ester groups is 1. The van der Waals surface area contributed by atoms with Crippen molar-refractivity contribution in [2.24, 2.45) is 0 Å². The minimum atomic E-state index is -4.15. The Hall–Kier alpha value is -2.91. The van der Waals surface area contributed by atoms with Crippen LogP contribution < -0.4 is 13.6 Å². The standard InChI is InChI=1S/C24H27O5P/c1-15-10-17(3)23(18(4)11-15)28-30(26,27-22-9-7-8-21(25)14-22)29-24-19(5)12-16(2)13-20(24)6/h7-14,25H,1-6H3. The number of phenols is 1. The molecule has 0 heterocycles. The van der Waals surface area contributed by atoms with Crippen molar-refractivity contribution < 1.29 is 23.2 Å². The summed E-state index contributed by atoms with van der Waals surface area (Å²) < 4.78 is 31.5. The Kier molecular flexibility index (Phi) is 6.14. The molecule has 0 spiro atoms. The molecule has 3 aromatic rings. The van der Waals surface area contributed by atoms with E-state index in [-0.39, 0.29) is 11.5 Å². The molecule has 0 aliphatic heterocycles. The van der Waals surface area contributed by atoms with Crippen molar-refractivity contribution in [1.82, 2.24) is 0 Å². The van der Waals surface area contributed by atoms with Gasteiger partial charge in [-0.15, -0.1) is 0 Å². The van der Waals surface area contributed by atoms with Crippen molar-refractivity contribution in [2.45, 2.75) is 41.5 Å². The Morgan fingerprint density at radius 1 is 0.667 bits per heavy atom. The number of rotatable bonds is 6. The highest BCUT2D eigenvalue weighted by Gasteiger charge is 2.35. The zero-order valence-corrected chi connectivity index (χ0v) is 19.0. The van der Waals surface area contributed by atoms with Crippen LogP contribution in [-0.2, 0) is 4.57 Å². The van der Waals surface area contributed by atoms with Gasteiger partial charge in [0.2, 0.25) is 0 Å². The smallest absolute Gasteiger partial charge is 0.508 e. The van der Waals surface area contributed by atoms with Gasteiger partial charge in [0.25, 0.3) is 0 Å². The normalized spacial score (nSPS) is 11.3. The van der Waals surface area contributed by atoms with Crippen molar-refractivity contribution in [2.75, 3.05) is 0 Å². The number of benzene rings is 3. The van der Waals surface area contributed by atoms with Gasteiger partial charge in [0.1, 0.15) is 23.0 Å². The Labute approximate surface area is 177 Å². The first kappa shape index (κ1) is 21.8. The summed E-state index contributed by atoms with van der Waals surface area (Å²) >= 11 is 0. The van der Waals surface area contributed by atoms with Gasteiger partial charge >= 0.3 is 7.82 Å². The van der Waals surface area contributed by atoms with E-state index in [1.54, 1.807) is 12.1 Å². The Morgan fingerprint density at radius 3 is 1.50 bits per heavy atom. The largest absolute Gasteiger partial charge is 0.647 e. The third-order valence-corrected chi connectivity index (χ3v) is 5.90. The van der Waals surface area contributed by atoms with Gasteiger partial charge in [-0.25, -0.2) is 0 Å². The lowest BCUT2D eigenvalue weighted by Gasteiger charge is -2.23. The van der Waals surface area contributed by atoms with Crippen molar-refractivity contribution >= 4 is 7.82 Å². The minimum Gasteiger partial charge on any atom is -0.508 e. The van der Waals surface area contributed by atoms with E-state index in [1.807, 2.05) is 65.8 Å². The van der Waals surface area contributed by atoms with Gasteiger partial charge in [0.15, 0.2) is 0 Å². The number of aromatic hydroxyl groups is 1. The van der Waals surface area contributed by atoms with Crippen LogP contribution in [0.1, 0.15) is 33.4 Å². The second kappa shape index (κ2) is 8.45. The van der Waals surface area contributed by atoms with Gasteiger partial charge in [-0.05, 0) is 75.9 Å². The van der Waals surface area contributed by atoms with E-state index in [2.05, 4.69) is 0 Å². The predicted molar refractivity (Wildman–Crippen MR) is 119 cm³/mol. The third kappa shape index (κ3) is 4.98. The molecule has 0 fully saturated rings. The van der Waals surface area contributed by atoms with Crippen LogP contribution in [0.2, 0.25) is 0 Å². The SMILES string of the molecule is Cc1cc(C)c(OP(=O)(Oc2cccc(O)c2)Oc2c(C)cc(C)cc2C)c(C)c1. The second-order valence-electron chi connectivity index (χ2n) is 7.67. The van der Waals surface area contributed by atoms with Crippen LogP contribution in [0.15, 0.2) is 48.5 Å². The molecule has 0 aliphatic carbocycles. The molecule has 0 aromatic heterocycles. The molecule has 0 radical (unpaired) electrons. The summed E-state index contributed by atoms with van der Waals surface area (Å²) in [5, 5.41) is 9.78. The zero-order chi connectivity index (χ0) is 22.1. The van der Waals surface area contributed by atoms with Crippen LogP contribution in [0, 0.1) is 41.5 Å².